The third-order valence-corrected chi connectivity index (χ3v) is 5.19. The van der Waals surface area contributed by atoms with Crippen LogP contribution in [0, 0.1) is 0 Å². The van der Waals surface area contributed by atoms with E-state index in [0.717, 1.165) is 11.3 Å². The molecule has 0 radical (unpaired) electrons. The monoisotopic (exact) mass is 368 g/mol. The first kappa shape index (κ1) is 18.0. The zero-order chi connectivity index (χ0) is 16.9. The molecule has 2 aromatic carbocycles. The molecule has 0 aliphatic carbocycles. The second-order valence-corrected chi connectivity index (χ2v) is 8.61. The fourth-order valence-corrected chi connectivity index (χ4v) is 3.42. The molecule has 0 saturated carbocycles. The van der Waals surface area contributed by atoms with Crippen LogP contribution in [-0.4, -0.2) is 22.5 Å². The van der Waals surface area contributed by atoms with Gasteiger partial charge >= 0.3 is 0 Å². The summed E-state index contributed by atoms with van der Waals surface area (Å²) < 4.78 is 12.2. The molecule has 4 nitrogen and oxygen atoms in total. The number of nitrogens with one attached hydrogen (secondary N) is 2. The fraction of sp³-hybridized carbons (Fsp3) is 0.188. The molecule has 0 aliphatic heterocycles. The van der Waals surface area contributed by atoms with Gasteiger partial charge in [0.1, 0.15) is 5.78 Å². The van der Waals surface area contributed by atoms with Crippen molar-refractivity contribution in [3.63, 3.8) is 0 Å². The maximum absolute atomic E-state index is 12.2. The second kappa shape index (κ2) is 7.93. The normalized spacial score (nSPS) is 14.6. The van der Waals surface area contributed by atoms with Crippen LogP contribution in [0.25, 0.3) is 0 Å². The van der Waals surface area contributed by atoms with Gasteiger partial charge in [0.05, 0.1) is 0 Å². The number of anilines is 1. The Bertz CT molecular complexity index is 704. The highest BCUT2D eigenvalue weighted by Gasteiger charge is 2.26. The van der Waals surface area contributed by atoms with Crippen molar-refractivity contribution in [1.82, 2.24) is 5.32 Å². The largest absolute Gasteiger partial charge is 0.350 e. The van der Waals surface area contributed by atoms with E-state index < -0.39 is 13.2 Å². The highest BCUT2D eigenvalue weighted by Crippen LogP contribution is 2.41. The van der Waals surface area contributed by atoms with Crippen LogP contribution in [0.15, 0.2) is 54.6 Å². The zero-order valence-corrected chi connectivity index (χ0v) is 15.0. The Balaban J connectivity index is 2.05. The van der Waals surface area contributed by atoms with Gasteiger partial charge in [0.25, 0.3) is 0 Å². The van der Waals surface area contributed by atoms with Crippen LogP contribution in [0.1, 0.15) is 5.56 Å². The van der Waals surface area contributed by atoms with Gasteiger partial charge in [0.2, 0.25) is 7.37 Å². The van der Waals surface area contributed by atoms with Crippen LogP contribution in [0.4, 0.5) is 5.69 Å². The van der Waals surface area contributed by atoms with Crippen LogP contribution in [0.3, 0.4) is 0 Å². The summed E-state index contributed by atoms with van der Waals surface area (Å²) in [6.07, 6.45) is 0.373. The maximum atomic E-state index is 12.2. The van der Waals surface area contributed by atoms with Crippen LogP contribution >= 0.6 is 31.2 Å². The minimum absolute atomic E-state index is 0.311. The molecule has 7 heteroatoms. The lowest BCUT2D eigenvalue weighted by atomic mass is 10.1. The van der Waals surface area contributed by atoms with E-state index in [1.54, 1.807) is 12.1 Å². The third kappa shape index (κ3) is 5.96. The molecule has 0 fully saturated rings. The van der Waals surface area contributed by atoms with Gasteiger partial charge in [-0.05, 0) is 42.0 Å². The van der Waals surface area contributed by atoms with Crippen LogP contribution in [0.2, 0.25) is 5.02 Å². The molecular formula is C16H18ClN2O2PS. The Kier molecular flexibility index (Phi) is 6.19. The highest BCUT2D eigenvalue weighted by molar-refractivity contribution is 7.80. The molecule has 0 amide bonds. The zero-order valence-electron chi connectivity index (χ0n) is 12.6. The van der Waals surface area contributed by atoms with E-state index in [1.807, 2.05) is 42.5 Å². The minimum Gasteiger partial charge on any atom is -0.350 e. The molecule has 3 N–H and O–H groups in total. The smallest absolute Gasteiger partial charge is 0.219 e. The van der Waals surface area contributed by atoms with Crippen molar-refractivity contribution in [3.05, 3.63) is 65.2 Å². The van der Waals surface area contributed by atoms with Gasteiger partial charge in [-0.15, -0.1) is 0 Å². The van der Waals surface area contributed by atoms with Crippen LogP contribution in [-0.2, 0) is 11.0 Å². The third-order valence-electron chi connectivity index (χ3n) is 3.25. The van der Waals surface area contributed by atoms with Crippen molar-refractivity contribution >= 4 is 42.0 Å². The Morgan fingerprint density at radius 2 is 1.83 bits per heavy atom. The Morgan fingerprint density at radius 1 is 1.22 bits per heavy atom. The summed E-state index contributed by atoms with van der Waals surface area (Å²) in [5.41, 5.74) is 1.73. The first-order valence-corrected chi connectivity index (χ1v) is 9.98. The average Bonchev–Trinajstić information content (AvgIpc) is 2.49. The van der Waals surface area contributed by atoms with E-state index in [1.165, 1.54) is 6.66 Å². The number of hydrogen-bond donors (Lipinski definition) is 3. The van der Waals surface area contributed by atoms with Crippen molar-refractivity contribution in [3.8, 4) is 0 Å². The fourth-order valence-electron chi connectivity index (χ4n) is 2.02. The van der Waals surface area contributed by atoms with Crippen LogP contribution in [0.5, 0.6) is 0 Å². The van der Waals surface area contributed by atoms with Gasteiger partial charge in [-0.3, -0.25) is 4.57 Å². The summed E-state index contributed by atoms with van der Waals surface area (Å²) in [7, 11) is -3.38. The first-order valence-electron chi connectivity index (χ1n) is 7.01. The molecule has 23 heavy (non-hydrogen) atoms. The summed E-state index contributed by atoms with van der Waals surface area (Å²) in [5.74, 6) is -0.674. The summed E-state index contributed by atoms with van der Waals surface area (Å²) in [6.45, 7) is 1.33. The summed E-state index contributed by atoms with van der Waals surface area (Å²) >= 11 is 11.1. The predicted molar refractivity (Wildman–Crippen MR) is 100 cm³/mol. The summed E-state index contributed by atoms with van der Waals surface area (Å²) in [6, 6.07) is 16.6. The summed E-state index contributed by atoms with van der Waals surface area (Å²) in [5, 5.41) is 6.89. The average molecular weight is 369 g/mol. The standard InChI is InChI=1S/C16H18ClN2O2PS/c1-22(20,21)15(11-12-7-9-13(17)10-8-12)19-16(23)18-14-5-3-2-4-6-14/h2-10,15H,11H2,1H3,(H,20,21)(H2,18,19,23). The SMILES string of the molecule is CP(=O)(O)C(Cc1ccc(Cl)cc1)NC(=S)Nc1ccccc1. The topological polar surface area (TPSA) is 61.4 Å². The number of halogens is 1. The van der Waals surface area contributed by atoms with E-state index >= 15 is 0 Å². The lowest BCUT2D eigenvalue weighted by Crippen LogP contribution is -2.38. The summed E-state index contributed by atoms with van der Waals surface area (Å²) in [4.78, 5) is 9.99. The van der Waals surface area contributed by atoms with Crippen molar-refractivity contribution in [1.29, 1.82) is 0 Å². The highest BCUT2D eigenvalue weighted by atomic mass is 35.5. The van der Waals surface area contributed by atoms with E-state index in [0.29, 0.717) is 16.6 Å². The minimum atomic E-state index is -3.38. The number of hydrogen-bond acceptors (Lipinski definition) is 2. The lowest BCUT2D eigenvalue weighted by molar-refractivity contribution is 0.463. The van der Waals surface area contributed by atoms with Gasteiger partial charge < -0.3 is 15.5 Å². The van der Waals surface area contributed by atoms with E-state index in [2.05, 4.69) is 10.6 Å². The molecule has 0 saturated heterocycles. The molecular weight excluding hydrogens is 351 g/mol. The van der Waals surface area contributed by atoms with Gasteiger partial charge in [-0.1, -0.05) is 41.9 Å². The Labute approximate surface area is 146 Å². The number of rotatable bonds is 5. The molecule has 0 aromatic heterocycles. The van der Waals surface area contributed by atoms with Gasteiger partial charge in [-0.25, -0.2) is 0 Å². The predicted octanol–water partition coefficient (Wildman–Crippen LogP) is 4.10. The quantitative estimate of drug-likeness (QED) is 0.548. The molecule has 122 valence electrons. The Morgan fingerprint density at radius 3 is 2.39 bits per heavy atom. The Hall–Kier alpha value is -1.39. The van der Waals surface area contributed by atoms with E-state index in [4.69, 9.17) is 23.8 Å². The number of para-hydroxylation sites is 1. The molecule has 2 aromatic rings. The van der Waals surface area contributed by atoms with Gasteiger partial charge in [0.15, 0.2) is 5.11 Å². The molecule has 0 bridgehead atoms. The second-order valence-electron chi connectivity index (χ2n) is 5.25. The van der Waals surface area contributed by atoms with Crippen molar-refractivity contribution < 1.29 is 9.46 Å². The number of thiocarbonyl (C=S) groups is 1. The van der Waals surface area contributed by atoms with Crippen molar-refractivity contribution in [2.24, 2.45) is 0 Å². The maximum Gasteiger partial charge on any atom is 0.219 e. The lowest BCUT2D eigenvalue weighted by Gasteiger charge is -2.23. The molecule has 2 unspecified atom stereocenters. The van der Waals surface area contributed by atoms with Crippen molar-refractivity contribution in [2.45, 2.75) is 12.2 Å². The van der Waals surface area contributed by atoms with E-state index in [-0.39, 0.29) is 0 Å². The molecule has 0 spiro atoms. The molecule has 0 heterocycles. The molecule has 2 atom stereocenters. The molecule has 0 aliphatic rings. The van der Waals surface area contributed by atoms with Gasteiger partial charge in [0, 0.05) is 23.8 Å². The molecule has 2 rings (SSSR count). The van der Waals surface area contributed by atoms with Crippen molar-refractivity contribution in [2.75, 3.05) is 12.0 Å². The van der Waals surface area contributed by atoms with Crippen LogP contribution < -0.4 is 10.6 Å². The van der Waals surface area contributed by atoms with Gasteiger partial charge in [-0.2, -0.15) is 0 Å². The number of benzene rings is 2. The first-order chi connectivity index (χ1) is 10.8. The van der Waals surface area contributed by atoms with E-state index in [9.17, 15) is 9.46 Å².